The molecule has 10 heteroatoms. The number of aromatic nitrogens is 4. The predicted octanol–water partition coefficient (Wildman–Crippen LogP) is 3.59. The van der Waals surface area contributed by atoms with Crippen LogP contribution in [-0.4, -0.2) is 25.7 Å². The number of oxazole rings is 1. The SMILES string of the molecule is Cc1nc2c(=O)n(-c3ccc(OC(F)(F)F)cc3)cc(-c3cnn(C)c3)c2o1. The van der Waals surface area contributed by atoms with Gasteiger partial charge in [-0.15, -0.1) is 13.2 Å². The van der Waals surface area contributed by atoms with Crippen LogP contribution >= 0.6 is 0 Å². The molecule has 0 radical (unpaired) electrons. The Kier molecular flexibility index (Phi) is 3.98. The molecule has 0 spiro atoms. The quantitative estimate of drug-likeness (QED) is 0.535. The average Bonchev–Trinajstić information content (AvgIpc) is 3.21. The van der Waals surface area contributed by atoms with Crippen LogP contribution in [0.5, 0.6) is 5.75 Å². The van der Waals surface area contributed by atoms with Gasteiger partial charge in [0.15, 0.2) is 17.0 Å². The van der Waals surface area contributed by atoms with E-state index in [1.165, 1.54) is 16.7 Å². The molecule has 3 heterocycles. The Morgan fingerprint density at radius 2 is 1.86 bits per heavy atom. The molecule has 0 fully saturated rings. The Bertz CT molecular complexity index is 1220. The molecule has 0 saturated heterocycles. The fourth-order valence-corrected chi connectivity index (χ4v) is 2.88. The maximum absolute atomic E-state index is 12.9. The van der Waals surface area contributed by atoms with Crippen molar-refractivity contribution < 1.29 is 22.3 Å². The summed E-state index contributed by atoms with van der Waals surface area (Å²) in [6.07, 6.45) is 0.123. The van der Waals surface area contributed by atoms with E-state index in [4.69, 9.17) is 4.42 Å². The lowest BCUT2D eigenvalue weighted by Crippen LogP contribution is -2.19. The molecule has 0 N–H and O–H groups in total. The van der Waals surface area contributed by atoms with Crippen molar-refractivity contribution >= 4 is 11.1 Å². The van der Waals surface area contributed by atoms with E-state index in [0.29, 0.717) is 28.3 Å². The second-order valence-electron chi connectivity index (χ2n) is 6.07. The highest BCUT2D eigenvalue weighted by Crippen LogP contribution is 2.29. The van der Waals surface area contributed by atoms with Gasteiger partial charge in [0.2, 0.25) is 0 Å². The van der Waals surface area contributed by atoms with Gasteiger partial charge in [-0.1, -0.05) is 0 Å². The Morgan fingerprint density at radius 1 is 1.14 bits per heavy atom. The number of rotatable bonds is 3. The molecule has 0 unspecified atom stereocenters. The van der Waals surface area contributed by atoms with Crippen LogP contribution in [0.4, 0.5) is 13.2 Å². The number of alkyl halides is 3. The van der Waals surface area contributed by atoms with Crippen molar-refractivity contribution in [1.82, 2.24) is 19.3 Å². The topological polar surface area (TPSA) is 75.1 Å². The van der Waals surface area contributed by atoms with E-state index in [1.807, 2.05) is 0 Å². The van der Waals surface area contributed by atoms with Gasteiger partial charge >= 0.3 is 6.36 Å². The van der Waals surface area contributed by atoms with Crippen LogP contribution in [0.25, 0.3) is 27.9 Å². The summed E-state index contributed by atoms with van der Waals surface area (Å²) in [5, 5.41) is 4.12. The zero-order valence-electron chi connectivity index (χ0n) is 14.7. The van der Waals surface area contributed by atoms with Crippen molar-refractivity contribution in [3.63, 3.8) is 0 Å². The summed E-state index contributed by atoms with van der Waals surface area (Å²) in [6.45, 7) is 1.63. The van der Waals surface area contributed by atoms with Gasteiger partial charge in [-0.3, -0.25) is 14.0 Å². The third-order valence-electron chi connectivity index (χ3n) is 4.02. The number of hydrogen-bond acceptors (Lipinski definition) is 5. The number of ether oxygens (including phenoxy) is 1. The second kappa shape index (κ2) is 6.25. The number of nitrogens with zero attached hydrogens (tertiary/aromatic N) is 4. The first-order valence-electron chi connectivity index (χ1n) is 8.09. The molecule has 0 aliphatic heterocycles. The number of hydrogen-bond donors (Lipinski definition) is 0. The summed E-state index contributed by atoms with van der Waals surface area (Å²) in [5.41, 5.74) is 1.63. The monoisotopic (exact) mass is 390 g/mol. The van der Waals surface area contributed by atoms with E-state index in [9.17, 15) is 18.0 Å². The van der Waals surface area contributed by atoms with Crippen LogP contribution in [0.3, 0.4) is 0 Å². The fraction of sp³-hybridized carbons (Fsp3) is 0.167. The molecule has 4 aromatic rings. The molecule has 144 valence electrons. The largest absolute Gasteiger partial charge is 0.573 e. The molecule has 0 bridgehead atoms. The highest BCUT2D eigenvalue weighted by molar-refractivity contribution is 5.89. The van der Waals surface area contributed by atoms with Crippen molar-refractivity contribution in [1.29, 1.82) is 0 Å². The van der Waals surface area contributed by atoms with Crippen molar-refractivity contribution in [2.75, 3.05) is 0 Å². The van der Waals surface area contributed by atoms with E-state index >= 15 is 0 Å². The molecule has 0 amide bonds. The first-order valence-corrected chi connectivity index (χ1v) is 8.09. The van der Waals surface area contributed by atoms with Gasteiger partial charge in [-0.2, -0.15) is 5.10 Å². The van der Waals surface area contributed by atoms with Gasteiger partial charge in [-0.05, 0) is 24.3 Å². The lowest BCUT2D eigenvalue weighted by Gasteiger charge is -2.11. The van der Waals surface area contributed by atoms with E-state index in [1.54, 1.807) is 37.2 Å². The number of fused-ring (bicyclic) bond motifs is 1. The minimum atomic E-state index is -4.79. The number of aryl methyl sites for hydroxylation is 2. The molecular weight excluding hydrogens is 377 g/mol. The highest BCUT2D eigenvalue weighted by Gasteiger charge is 2.31. The molecule has 0 atom stereocenters. The molecule has 28 heavy (non-hydrogen) atoms. The fourth-order valence-electron chi connectivity index (χ4n) is 2.88. The van der Waals surface area contributed by atoms with Crippen molar-refractivity contribution in [2.24, 2.45) is 7.05 Å². The van der Waals surface area contributed by atoms with Crippen LogP contribution in [0.15, 0.2) is 52.1 Å². The van der Waals surface area contributed by atoms with Crippen molar-refractivity contribution in [3.05, 3.63) is 59.1 Å². The minimum Gasteiger partial charge on any atom is -0.440 e. The molecule has 7 nitrogen and oxygen atoms in total. The van der Waals surface area contributed by atoms with Crippen LogP contribution in [-0.2, 0) is 7.05 Å². The smallest absolute Gasteiger partial charge is 0.440 e. The summed E-state index contributed by atoms with van der Waals surface area (Å²) < 4.78 is 49.4. The van der Waals surface area contributed by atoms with Gasteiger partial charge in [0, 0.05) is 43.2 Å². The summed E-state index contributed by atoms with van der Waals surface area (Å²) in [6, 6.07) is 4.98. The van der Waals surface area contributed by atoms with Gasteiger partial charge in [0.05, 0.1) is 6.20 Å². The molecular formula is C18H13F3N4O3. The Balaban J connectivity index is 1.88. The number of halogens is 3. The van der Waals surface area contributed by atoms with Gasteiger partial charge < -0.3 is 9.15 Å². The minimum absolute atomic E-state index is 0.120. The van der Waals surface area contributed by atoms with Crippen molar-refractivity contribution in [2.45, 2.75) is 13.3 Å². The maximum atomic E-state index is 12.9. The van der Waals surface area contributed by atoms with Crippen LogP contribution in [0.1, 0.15) is 5.89 Å². The summed E-state index contributed by atoms with van der Waals surface area (Å²) in [5.74, 6) is -0.0564. The van der Waals surface area contributed by atoms with Crippen LogP contribution in [0, 0.1) is 6.92 Å². The van der Waals surface area contributed by atoms with Crippen LogP contribution < -0.4 is 10.3 Å². The van der Waals surface area contributed by atoms with E-state index in [-0.39, 0.29) is 11.3 Å². The highest BCUT2D eigenvalue weighted by atomic mass is 19.4. The average molecular weight is 390 g/mol. The normalized spacial score (nSPS) is 11.9. The molecule has 0 aliphatic rings. The lowest BCUT2D eigenvalue weighted by atomic mass is 10.1. The van der Waals surface area contributed by atoms with E-state index < -0.39 is 11.9 Å². The molecule has 4 rings (SSSR count). The van der Waals surface area contributed by atoms with E-state index in [0.717, 1.165) is 12.1 Å². The maximum Gasteiger partial charge on any atom is 0.573 e. The number of benzene rings is 1. The van der Waals surface area contributed by atoms with Gasteiger partial charge in [-0.25, -0.2) is 4.98 Å². The molecule has 3 aromatic heterocycles. The summed E-state index contributed by atoms with van der Waals surface area (Å²) in [7, 11) is 1.75. The summed E-state index contributed by atoms with van der Waals surface area (Å²) >= 11 is 0. The first-order chi connectivity index (χ1) is 13.2. The first kappa shape index (κ1) is 17.8. The predicted molar refractivity (Wildman–Crippen MR) is 93.2 cm³/mol. The number of pyridine rings is 1. The Morgan fingerprint density at radius 3 is 2.46 bits per heavy atom. The zero-order chi connectivity index (χ0) is 20.1. The Labute approximate surface area is 155 Å². The molecule has 1 aromatic carbocycles. The van der Waals surface area contributed by atoms with Gasteiger partial charge in [0.25, 0.3) is 5.56 Å². The third kappa shape index (κ3) is 3.24. The third-order valence-corrected chi connectivity index (χ3v) is 4.02. The molecule has 0 aliphatic carbocycles. The summed E-state index contributed by atoms with van der Waals surface area (Å²) in [4.78, 5) is 17.0. The van der Waals surface area contributed by atoms with Gasteiger partial charge in [0.1, 0.15) is 5.75 Å². The zero-order valence-corrected chi connectivity index (χ0v) is 14.7. The van der Waals surface area contributed by atoms with Crippen LogP contribution in [0.2, 0.25) is 0 Å². The second-order valence-corrected chi connectivity index (χ2v) is 6.07. The van der Waals surface area contributed by atoms with Crippen molar-refractivity contribution in [3.8, 4) is 22.6 Å². The lowest BCUT2D eigenvalue weighted by molar-refractivity contribution is -0.274. The van der Waals surface area contributed by atoms with E-state index in [2.05, 4.69) is 14.8 Å². The Hall–Kier alpha value is -3.56. The molecule has 0 saturated carbocycles. The standard InChI is InChI=1S/C18H13F3N4O3/c1-10-23-15-16(27-10)14(11-7-22-24(2)8-11)9-25(17(15)26)12-3-5-13(6-4-12)28-18(19,20)21/h3-9H,1-2H3.